The van der Waals surface area contributed by atoms with Crippen LogP contribution in [0.3, 0.4) is 0 Å². The molecule has 11 heteroatoms. The minimum atomic E-state index is -0.910. The molecule has 3 amide bonds. The van der Waals surface area contributed by atoms with E-state index in [0.29, 0.717) is 30.3 Å². The van der Waals surface area contributed by atoms with E-state index in [2.05, 4.69) is 37.1 Å². The molecule has 184 valence electrons. The SMILES string of the molecule is CC1(C)[C@@H]2[C@@H](C(=O)N[C@@H](C[C@@H]3CCNC3=O)C(=O)S)N(C(=O)COc3ccc(Cl)cc3Cl)C[C@@H]21. The summed E-state index contributed by atoms with van der Waals surface area (Å²) in [6, 6.07) is 3.06. The van der Waals surface area contributed by atoms with Crippen LogP contribution >= 0.6 is 35.8 Å². The van der Waals surface area contributed by atoms with Gasteiger partial charge in [-0.25, -0.2) is 0 Å². The molecule has 1 aliphatic carbocycles. The van der Waals surface area contributed by atoms with E-state index in [9.17, 15) is 19.2 Å². The van der Waals surface area contributed by atoms with Gasteiger partial charge in [0, 0.05) is 24.0 Å². The van der Waals surface area contributed by atoms with Crippen molar-refractivity contribution in [1.82, 2.24) is 15.5 Å². The second-order valence-electron chi connectivity index (χ2n) is 9.72. The monoisotopic (exact) mass is 527 g/mol. The molecule has 3 fully saturated rings. The highest BCUT2D eigenvalue weighted by molar-refractivity contribution is 7.96. The van der Waals surface area contributed by atoms with E-state index < -0.39 is 23.1 Å². The zero-order valence-electron chi connectivity index (χ0n) is 18.8. The molecule has 1 aromatic rings. The minimum absolute atomic E-state index is 0.0268. The Kier molecular flexibility index (Phi) is 7.09. The third-order valence-electron chi connectivity index (χ3n) is 7.34. The zero-order valence-corrected chi connectivity index (χ0v) is 21.3. The van der Waals surface area contributed by atoms with Gasteiger partial charge in [0.2, 0.25) is 16.9 Å². The number of fused-ring (bicyclic) bond motifs is 1. The molecule has 2 N–H and O–H groups in total. The van der Waals surface area contributed by atoms with Crippen LogP contribution in [0, 0.1) is 23.2 Å². The van der Waals surface area contributed by atoms with Crippen molar-refractivity contribution in [3.05, 3.63) is 28.2 Å². The molecule has 1 aromatic carbocycles. The second kappa shape index (κ2) is 9.59. The topological polar surface area (TPSA) is 105 Å². The van der Waals surface area contributed by atoms with E-state index in [-0.39, 0.29) is 53.0 Å². The van der Waals surface area contributed by atoms with E-state index in [1.165, 1.54) is 11.0 Å². The number of ether oxygens (including phenoxy) is 1. The number of rotatable bonds is 8. The molecule has 5 atom stereocenters. The first-order valence-corrected chi connectivity index (χ1v) is 12.4. The lowest BCUT2D eigenvalue weighted by atomic mass is 9.97. The van der Waals surface area contributed by atoms with Gasteiger partial charge < -0.3 is 20.3 Å². The normalized spacial score (nSPS) is 27.6. The average molecular weight is 528 g/mol. The van der Waals surface area contributed by atoms with Crippen molar-refractivity contribution >= 4 is 58.7 Å². The first kappa shape index (κ1) is 25.1. The van der Waals surface area contributed by atoms with Crippen molar-refractivity contribution in [3.63, 3.8) is 0 Å². The Bertz CT molecular complexity index is 1040. The third kappa shape index (κ3) is 4.88. The Balaban J connectivity index is 1.44. The van der Waals surface area contributed by atoms with Gasteiger partial charge >= 0.3 is 0 Å². The van der Waals surface area contributed by atoms with Gasteiger partial charge in [-0.3, -0.25) is 19.2 Å². The Morgan fingerprint density at radius 1 is 1.32 bits per heavy atom. The number of amides is 3. The predicted molar refractivity (Wildman–Crippen MR) is 130 cm³/mol. The van der Waals surface area contributed by atoms with Gasteiger partial charge in [0.25, 0.3) is 5.91 Å². The largest absolute Gasteiger partial charge is 0.482 e. The zero-order chi connectivity index (χ0) is 24.8. The van der Waals surface area contributed by atoms with Crippen LogP contribution in [0.25, 0.3) is 0 Å². The number of hydrogen-bond acceptors (Lipinski definition) is 5. The fourth-order valence-electron chi connectivity index (χ4n) is 5.29. The lowest BCUT2D eigenvalue weighted by Crippen LogP contribution is -2.54. The fourth-order valence-corrected chi connectivity index (χ4v) is 5.92. The van der Waals surface area contributed by atoms with E-state index in [1.807, 2.05) is 0 Å². The molecule has 2 heterocycles. The van der Waals surface area contributed by atoms with E-state index >= 15 is 0 Å². The number of carbonyl (C=O) groups is 4. The maximum Gasteiger partial charge on any atom is 0.261 e. The van der Waals surface area contributed by atoms with Gasteiger partial charge in [-0.05, 0) is 48.3 Å². The molecular formula is C23H27Cl2N3O5S. The molecule has 8 nitrogen and oxygen atoms in total. The van der Waals surface area contributed by atoms with Crippen molar-refractivity contribution in [2.75, 3.05) is 19.7 Å². The molecule has 0 spiro atoms. The predicted octanol–water partition coefficient (Wildman–Crippen LogP) is 2.32. The quantitative estimate of drug-likeness (QED) is 0.450. The number of nitrogens with one attached hydrogen (secondary N) is 2. The van der Waals surface area contributed by atoms with Crippen LogP contribution < -0.4 is 15.4 Å². The molecule has 34 heavy (non-hydrogen) atoms. The lowest BCUT2D eigenvalue weighted by Gasteiger charge is -2.31. The van der Waals surface area contributed by atoms with Gasteiger partial charge in [-0.2, -0.15) is 0 Å². The van der Waals surface area contributed by atoms with Gasteiger partial charge in [-0.15, -0.1) is 12.6 Å². The number of thiol groups is 1. The molecule has 4 rings (SSSR count). The second-order valence-corrected chi connectivity index (χ2v) is 11.0. The lowest BCUT2D eigenvalue weighted by molar-refractivity contribution is -0.142. The highest BCUT2D eigenvalue weighted by atomic mass is 35.5. The summed E-state index contributed by atoms with van der Waals surface area (Å²) in [4.78, 5) is 52.0. The number of halogens is 2. The summed E-state index contributed by atoms with van der Waals surface area (Å²) >= 11 is 15.9. The fraction of sp³-hybridized carbons (Fsp3) is 0.565. The number of hydrogen-bond donors (Lipinski definition) is 3. The summed E-state index contributed by atoms with van der Waals surface area (Å²) < 4.78 is 5.59. The average Bonchev–Trinajstić information content (AvgIpc) is 3.11. The number of likely N-dealkylation sites (tertiary alicyclic amines) is 1. The van der Waals surface area contributed by atoms with Gasteiger partial charge in [0.05, 0.1) is 11.1 Å². The molecule has 3 aliphatic rings. The molecule has 0 unspecified atom stereocenters. The van der Waals surface area contributed by atoms with Crippen LogP contribution in [0.5, 0.6) is 5.75 Å². The van der Waals surface area contributed by atoms with Crippen LogP contribution in [-0.4, -0.2) is 59.5 Å². The third-order valence-corrected chi connectivity index (χ3v) is 8.18. The summed E-state index contributed by atoms with van der Waals surface area (Å²) in [5.41, 5.74) is -0.0923. The summed E-state index contributed by atoms with van der Waals surface area (Å²) in [6.07, 6.45) is 0.777. The van der Waals surface area contributed by atoms with E-state index in [0.717, 1.165) is 0 Å². The standard InChI is InChI=1S/C23H27Cl2N3O5S/c1-23(2)13-9-28(17(29)10-33-16-4-3-12(24)8-14(16)25)19(18(13)23)21(31)27-15(22(32)34)7-11-5-6-26-20(11)30/h3-4,8,11,13,15,18-19H,5-7,9-10H2,1-2H3,(H,26,30)(H,27,31)(H,32,34)/t11-,13-,15-,18-,19-/m0/s1. The van der Waals surface area contributed by atoms with Gasteiger partial charge in [0.1, 0.15) is 11.8 Å². The Labute approximate surface area is 213 Å². The summed E-state index contributed by atoms with van der Waals surface area (Å²) in [5.74, 6) is -0.781. The number of piperidine rings is 1. The Morgan fingerprint density at radius 3 is 2.68 bits per heavy atom. The van der Waals surface area contributed by atoms with E-state index in [4.69, 9.17) is 27.9 Å². The van der Waals surface area contributed by atoms with Crippen molar-refractivity contribution in [2.45, 2.75) is 38.8 Å². The molecule has 0 aromatic heterocycles. The number of benzene rings is 1. The van der Waals surface area contributed by atoms with Crippen LogP contribution in [0.4, 0.5) is 0 Å². The Morgan fingerprint density at radius 2 is 2.06 bits per heavy atom. The molecule has 0 radical (unpaired) electrons. The van der Waals surface area contributed by atoms with Crippen LogP contribution in [0.15, 0.2) is 18.2 Å². The molecule has 0 bridgehead atoms. The smallest absolute Gasteiger partial charge is 0.261 e. The number of carbonyl (C=O) groups excluding carboxylic acids is 4. The highest BCUT2D eigenvalue weighted by Gasteiger charge is 2.69. The van der Waals surface area contributed by atoms with Crippen LogP contribution in [0.2, 0.25) is 10.0 Å². The summed E-state index contributed by atoms with van der Waals surface area (Å²) in [5, 5.41) is 5.71. The molecular weight excluding hydrogens is 501 g/mol. The van der Waals surface area contributed by atoms with Crippen molar-refractivity contribution in [2.24, 2.45) is 23.2 Å². The summed E-state index contributed by atoms with van der Waals surface area (Å²) in [7, 11) is 0. The molecule has 1 saturated carbocycles. The van der Waals surface area contributed by atoms with Gasteiger partial charge in [-0.1, -0.05) is 37.0 Å². The minimum Gasteiger partial charge on any atom is -0.482 e. The number of nitrogens with zero attached hydrogens (tertiary/aromatic N) is 1. The molecule has 2 saturated heterocycles. The maximum atomic E-state index is 13.4. The van der Waals surface area contributed by atoms with Crippen molar-refractivity contribution in [3.8, 4) is 5.75 Å². The molecule has 2 aliphatic heterocycles. The van der Waals surface area contributed by atoms with E-state index in [1.54, 1.807) is 12.1 Å². The first-order valence-electron chi connectivity index (χ1n) is 11.2. The van der Waals surface area contributed by atoms with Crippen LogP contribution in [-0.2, 0) is 19.2 Å². The maximum absolute atomic E-state index is 13.4. The highest BCUT2D eigenvalue weighted by Crippen LogP contribution is 2.64. The van der Waals surface area contributed by atoms with Gasteiger partial charge in [0.15, 0.2) is 6.61 Å². The Hall–Kier alpha value is -1.97. The first-order chi connectivity index (χ1) is 16.0. The van der Waals surface area contributed by atoms with Crippen molar-refractivity contribution in [1.29, 1.82) is 0 Å². The van der Waals surface area contributed by atoms with Crippen LogP contribution in [0.1, 0.15) is 26.7 Å². The summed E-state index contributed by atoms with van der Waals surface area (Å²) in [6.45, 7) is 4.82. The van der Waals surface area contributed by atoms with Crippen molar-refractivity contribution < 1.29 is 23.9 Å².